The molecule has 0 aliphatic carbocycles. The van der Waals surface area contributed by atoms with E-state index in [4.69, 9.17) is 11.6 Å². The number of benzene rings is 1. The Balaban J connectivity index is 1.78. The second-order valence-electron chi connectivity index (χ2n) is 5.02. The van der Waals surface area contributed by atoms with Crippen molar-refractivity contribution in [2.45, 2.75) is 25.4 Å². The van der Waals surface area contributed by atoms with Gasteiger partial charge in [0.15, 0.2) is 0 Å². The van der Waals surface area contributed by atoms with Crippen LogP contribution in [0.2, 0.25) is 5.02 Å². The van der Waals surface area contributed by atoms with Crippen molar-refractivity contribution in [3.05, 3.63) is 29.0 Å². The molecular formula is C14H18ClFN2O2. The summed E-state index contributed by atoms with van der Waals surface area (Å²) in [6, 6.07) is 4.09. The highest BCUT2D eigenvalue weighted by atomic mass is 35.5. The highest BCUT2D eigenvalue weighted by Gasteiger charge is 2.18. The van der Waals surface area contributed by atoms with E-state index in [0.717, 1.165) is 19.4 Å². The maximum absolute atomic E-state index is 13.0. The lowest BCUT2D eigenvalue weighted by Crippen LogP contribution is -2.39. The van der Waals surface area contributed by atoms with Gasteiger partial charge in [-0.25, -0.2) is 4.39 Å². The molecule has 4 nitrogen and oxygen atoms in total. The number of aliphatic hydroxyl groups excluding tert-OH is 1. The Morgan fingerprint density at radius 3 is 3.05 bits per heavy atom. The number of halogens is 2. The van der Waals surface area contributed by atoms with Crippen LogP contribution in [-0.4, -0.2) is 41.7 Å². The molecular weight excluding hydrogens is 283 g/mol. The van der Waals surface area contributed by atoms with Gasteiger partial charge in [0.2, 0.25) is 5.91 Å². The van der Waals surface area contributed by atoms with Crippen LogP contribution < -0.4 is 5.32 Å². The number of β-amino-alcohol motifs (C(OH)–C–C–N with tert-alkyl or cyclic N) is 1. The molecule has 110 valence electrons. The van der Waals surface area contributed by atoms with E-state index >= 15 is 0 Å². The maximum atomic E-state index is 13.0. The van der Waals surface area contributed by atoms with Gasteiger partial charge in [0.25, 0.3) is 0 Å². The Morgan fingerprint density at radius 1 is 1.55 bits per heavy atom. The molecule has 1 aromatic rings. The van der Waals surface area contributed by atoms with Gasteiger partial charge in [-0.1, -0.05) is 11.6 Å². The number of anilines is 1. The van der Waals surface area contributed by atoms with E-state index in [1.807, 2.05) is 0 Å². The van der Waals surface area contributed by atoms with Gasteiger partial charge in [-0.3, -0.25) is 4.79 Å². The zero-order valence-electron chi connectivity index (χ0n) is 11.1. The SMILES string of the molecule is O=C(CCN1CCCC(O)C1)Nc1ccc(F)c(Cl)c1. The first-order chi connectivity index (χ1) is 9.54. The number of carbonyl (C=O) groups is 1. The fourth-order valence-electron chi connectivity index (χ4n) is 2.29. The van der Waals surface area contributed by atoms with E-state index < -0.39 is 5.82 Å². The molecule has 1 unspecified atom stereocenters. The molecule has 1 amide bonds. The van der Waals surface area contributed by atoms with Crippen molar-refractivity contribution in [2.75, 3.05) is 25.0 Å². The third-order valence-electron chi connectivity index (χ3n) is 3.34. The fraction of sp³-hybridized carbons (Fsp3) is 0.500. The molecule has 1 fully saturated rings. The first-order valence-electron chi connectivity index (χ1n) is 6.70. The smallest absolute Gasteiger partial charge is 0.225 e. The first-order valence-corrected chi connectivity index (χ1v) is 7.08. The average molecular weight is 301 g/mol. The third-order valence-corrected chi connectivity index (χ3v) is 3.63. The number of hydrogen-bond donors (Lipinski definition) is 2. The summed E-state index contributed by atoms with van der Waals surface area (Å²) in [5.74, 6) is -0.653. The molecule has 20 heavy (non-hydrogen) atoms. The van der Waals surface area contributed by atoms with E-state index in [9.17, 15) is 14.3 Å². The Morgan fingerprint density at radius 2 is 2.35 bits per heavy atom. The zero-order chi connectivity index (χ0) is 14.5. The minimum absolute atomic E-state index is 0.0121. The quantitative estimate of drug-likeness (QED) is 0.897. The molecule has 2 rings (SSSR count). The van der Waals surface area contributed by atoms with Crippen LogP contribution in [0.25, 0.3) is 0 Å². The van der Waals surface area contributed by atoms with Crippen LogP contribution in [0.3, 0.4) is 0 Å². The Kier molecular flexibility index (Phi) is 5.34. The van der Waals surface area contributed by atoms with Crippen molar-refractivity contribution in [3.63, 3.8) is 0 Å². The molecule has 1 aliphatic heterocycles. The highest BCUT2D eigenvalue weighted by molar-refractivity contribution is 6.31. The molecule has 1 saturated heterocycles. The number of nitrogens with one attached hydrogen (secondary N) is 1. The standard InChI is InChI=1S/C14H18ClFN2O2/c15-12-8-10(3-4-13(12)16)17-14(20)5-7-18-6-1-2-11(19)9-18/h3-4,8,11,19H,1-2,5-7,9H2,(H,17,20). The van der Waals surface area contributed by atoms with E-state index in [2.05, 4.69) is 10.2 Å². The van der Waals surface area contributed by atoms with Crippen LogP contribution in [0.1, 0.15) is 19.3 Å². The van der Waals surface area contributed by atoms with Crippen LogP contribution in [0.15, 0.2) is 18.2 Å². The van der Waals surface area contributed by atoms with E-state index in [1.54, 1.807) is 0 Å². The summed E-state index contributed by atoms with van der Waals surface area (Å²) in [6.45, 7) is 2.14. The lowest BCUT2D eigenvalue weighted by Gasteiger charge is -2.29. The molecule has 1 atom stereocenters. The predicted octanol–water partition coefficient (Wildman–Crippen LogP) is 2.26. The van der Waals surface area contributed by atoms with Crippen molar-refractivity contribution in [3.8, 4) is 0 Å². The summed E-state index contributed by atoms with van der Waals surface area (Å²) in [5, 5.41) is 12.2. The van der Waals surface area contributed by atoms with Gasteiger partial charge in [-0.05, 0) is 37.6 Å². The van der Waals surface area contributed by atoms with Crippen molar-refractivity contribution in [2.24, 2.45) is 0 Å². The minimum Gasteiger partial charge on any atom is -0.392 e. The number of amides is 1. The van der Waals surface area contributed by atoms with E-state index in [0.29, 0.717) is 25.2 Å². The van der Waals surface area contributed by atoms with E-state index in [1.165, 1.54) is 18.2 Å². The van der Waals surface area contributed by atoms with Gasteiger partial charge in [0.05, 0.1) is 11.1 Å². The second kappa shape index (κ2) is 7.02. The summed E-state index contributed by atoms with van der Waals surface area (Å²) in [6.07, 6.45) is 1.83. The van der Waals surface area contributed by atoms with Crippen molar-refractivity contribution < 1.29 is 14.3 Å². The van der Waals surface area contributed by atoms with Crippen LogP contribution >= 0.6 is 11.6 Å². The predicted molar refractivity (Wildman–Crippen MR) is 76.3 cm³/mol. The Bertz CT molecular complexity index is 484. The first kappa shape index (κ1) is 15.2. The minimum atomic E-state index is -0.507. The lowest BCUT2D eigenvalue weighted by atomic mass is 10.1. The summed E-state index contributed by atoms with van der Waals surface area (Å²) in [4.78, 5) is 13.9. The largest absolute Gasteiger partial charge is 0.392 e. The summed E-state index contributed by atoms with van der Waals surface area (Å²) in [7, 11) is 0. The monoisotopic (exact) mass is 300 g/mol. The summed E-state index contributed by atoms with van der Waals surface area (Å²) in [5.41, 5.74) is 0.486. The molecule has 2 N–H and O–H groups in total. The molecule has 0 bridgehead atoms. The van der Waals surface area contributed by atoms with Gasteiger partial charge >= 0.3 is 0 Å². The maximum Gasteiger partial charge on any atom is 0.225 e. The van der Waals surface area contributed by atoms with Gasteiger partial charge in [-0.15, -0.1) is 0 Å². The molecule has 1 heterocycles. The molecule has 0 saturated carbocycles. The van der Waals surface area contributed by atoms with Crippen molar-refractivity contribution in [1.82, 2.24) is 4.90 Å². The number of likely N-dealkylation sites (tertiary alicyclic amines) is 1. The van der Waals surface area contributed by atoms with Crippen LogP contribution in [0, 0.1) is 5.82 Å². The highest BCUT2D eigenvalue weighted by Crippen LogP contribution is 2.19. The molecule has 6 heteroatoms. The van der Waals surface area contributed by atoms with Crippen LogP contribution in [0.4, 0.5) is 10.1 Å². The second-order valence-corrected chi connectivity index (χ2v) is 5.43. The van der Waals surface area contributed by atoms with Gasteiger partial charge in [0, 0.05) is 25.2 Å². The number of hydrogen-bond acceptors (Lipinski definition) is 3. The van der Waals surface area contributed by atoms with Crippen LogP contribution in [-0.2, 0) is 4.79 Å². The lowest BCUT2D eigenvalue weighted by molar-refractivity contribution is -0.116. The molecule has 0 spiro atoms. The fourth-order valence-corrected chi connectivity index (χ4v) is 2.47. The van der Waals surface area contributed by atoms with Crippen molar-refractivity contribution >= 4 is 23.2 Å². The van der Waals surface area contributed by atoms with Gasteiger partial charge in [-0.2, -0.15) is 0 Å². The summed E-state index contributed by atoms with van der Waals surface area (Å²) < 4.78 is 13.0. The topological polar surface area (TPSA) is 52.6 Å². The number of piperidine rings is 1. The number of aliphatic hydroxyl groups is 1. The summed E-state index contributed by atoms with van der Waals surface area (Å²) >= 11 is 5.65. The number of nitrogens with zero attached hydrogens (tertiary/aromatic N) is 1. The van der Waals surface area contributed by atoms with Crippen LogP contribution in [0.5, 0.6) is 0 Å². The van der Waals surface area contributed by atoms with E-state index in [-0.39, 0.29) is 17.0 Å². The Labute approximate surface area is 122 Å². The number of rotatable bonds is 4. The third kappa shape index (κ3) is 4.44. The van der Waals surface area contributed by atoms with Crippen molar-refractivity contribution in [1.29, 1.82) is 0 Å². The molecule has 0 aromatic heterocycles. The Hall–Kier alpha value is -1.17. The normalized spacial score (nSPS) is 19.9. The zero-order valence-corrected chi connectivity index (χ0v) is 11.9. The number of carbonyl (C=O) groups excluding carboxylic acids is 1. The molecule has 1 aromatic carbocycles. The molecule has 1 aliphatic rings. The van der Waals surface area contributed by atoms with Gasteiger partial charge in [0.1, 0.15) is 5.82 Å². The molecule has 0 radical (unpaired) electrons. The van der Waals surface area contributed by atoms with Gasteiger partial charge < -0.3 is 15.3 Å². The average Bonchev–Trinajstić information content (AvgIpc) is 2.41.